The van der Waals surface area contributed by atoms with Crippen LogP contribution in [0.1, 0.15) is 5.56 Å². The van der Waals surface area contributed by atoms with Gasteiger partial charge in [-0.15, -0.1) is 0 Å². The summed E-state index contributed by atoms with van der Waals surface area (Å²) in [5.74, 6) is 0.915. The van der Waals surface area contributed by atoms with Gasteiger partial charge in [0.15, 0.2) is 0 Å². The zero-order chi connectivity index (χ0) is 16.4. The van der Waals surface area contributed by atoms with Gasteiger partial charge in [-0.1, -0.05) is 12.1 Å². The number of ether oxygens (including phenoxy) is 1. The van der Waals surface area contributed by atoms with E-state index in [1.165, 1.54) is 16.6 Å². The smallest absolute Gasteiger partial charge is 0.118 e. The number of fused-ring (bicyclic) bond motifs is 1. The van der Waals surface area contributed by atoms with E-state index in [1.807, 2.05) is 18.3 Å². The molecule has 24 heavy (non-hydrogen) atoms. The van der Waals surface area contributed by atoms with Crippen LogP contribution in [0.4, 0.5) is 5.69 Å². The Morgan fingerprint density at radius 3 is 2.58 bits per heavy atom. The van der Waals surface area contributed by atoms with E-state index in [1.54, 1.807) is 7.11 Å². The number of aromatic amines is 1. The van der Waals surface area contributed by atoms with Gasteiger partial charge in [0.25, 0.3) is 0 Å². The lowest BCUT2D eigenvalue weighted by Crippen LogP contribution is -2.45. The van der Waals surface area contributed by atoms with Gasteiger partial charge in [-0.3, -0.25) is 10.00 Å². The Labute approximate surface area is 141 Å². The summed E-state index contributed by atoms with van der Waals surface area (Å²) < 4.78 is 5.22. The van der Waals surface area contributed by atoms with Gasteiger partial charge in [0, 0.05) is 43.8 Å². The van der Waals surface area contributed by atoms with Gasteiger partial charge in [0.1, 0.15) is 5.75 Å². The van der Waals surface area contributed by atoms with Crippen LogP contribution in [0.15, 0.2) is 48.7 Å². The van der Waals surface area contributed by atoms with Gasteiger partial charge < -0.3 is 9.64 Å². The van der Waals surface area contributed by atoms with Crippen molar-refractivity contribution >= 4 is 16.6 Å². The molecule has 3 aromatic rings. The summed E-state index contributed by atoms with van der Waals surface area (Å²) >= 11 is 0. The van der Waals surface area contributed by atoms with Crippen molar-refractivity contribution in [2.75, 3.05) is 38.2 Å². The summed E-state index contributed by atoms with van der Waals surface area (Å²) in [6.07, 6.45) is 1.89. The molecule has 1 aliphatic heterocycles. The highest BCUT2D eigenvalue weighted by Gasteiger charge is 2.17. The second kappa shape index (κ2) is 6.53. The van der Waals surface area contributed by atoms with Crippen LogP contribution in [0, 0.1) is 0 Å². The first-order chi connectivity index (χ1) is 11.8. The second-order valence-electron chi connectivity index (χ2n) is 6.25. The Hall–Kier alpha value is -2.53. The number of nitrogens with one attached hydrogen (secondary N) is 1. The van der Waals surface area contributed by atoms with Crippen molar-refractivity contribution in [1.82, 2.24) is 15.1 Å². The molecule has 5 heteroatoms. The zero-order valence-electron chi connectivity index (χ0n) is 13.9. The monoisotopic (exact) mass is 322 g/mol. The first-order valence-electron chi connectivity index (χ1n) is 8.35. The average Bonchev–Trinajstić information content (AvgIpc) is 3.11. The number of anilines is 1. The molecule has 0 radical (unpaired) electrons. The van der Waals surface area contributed by atoms with Crippen LogP contribution < -0.4 is 9.64 Å². The predicted octanol–water partition coefficient (Wildman–Crippen LogP) is 2.89. The number of H-pyrrole nitrogens is 1. The van der Waals surface area contributed by atoms with Crippen LogP contribution >= 0.6 is 0 Å². The van der Waals surface area contributed by atoms with E-state index < -0.39 is 0 Å². The summed E-state index contributed by atoms with van der Waals surface area (Å²) in [5.41, 5.74) is 3.72. The molecule has 0 unspecified atom stereocenters. The van der Waals surface area contributed by atoms with Gasteiger partial charge >= 0.3 is 0 Å². The second-order valence-corrected chi connectivity index (χ2v) is 6.25. The molecular weight excluding hydrogens is 300 g/mol. The fourth-order valence-corrected chi connectivity index (χ4v) is 3.28. The van der Waals surface area contributed by atoms with E-state index in [2.05, 4.69) is 50.3 Å². The highest BCUT2D eigenvalue weighted by molar-refractivity contribution is 5.82. The Morgan fingerprint density at radius 2 is 1.83 bits per heavy atom. The zero-order valence-corrected chi connectivity index (χ0v) is 13.9. The fraction of sp³-hybridized carbons (Fsp3) is 0.316. The number of methoxy groups -OCH3 is 1. The molecule has 2 heterocycles. The number of hydrogen-bond donors (Lipinski definition) is 1. The first-order valence-corrected chi connectivity index (χ1v) is 8.35. The molecule has 1 aliphatic rings. The third-order valence-electron chi connectivity index (χ3n) is 4.73. The third-order valence-corrected chi connectivity index (χ3v) is 4.73. The summed E-state index contributed by atoms with van der Waals surface area (Å²) in [7, 11) is 1.70. The summed E-state index contributed by atoms with van der Waals surface area (Å²) in [5, 5.41) is 8.28. The highest BCUT2D eigenvalue weighted by atomic mass is 16.5. The number of hydrogen-bond acceptors (Lipinski definition) is 4. The minimum Gasteiger partial charge on any atom is -0.497 e. The van der Waals surface area contributed by atoms with Crippen molar-refractivity contribution in [3.8, 4) is 5.75 Å². The van der Waals surface area contributed by atoms with Crippen molar-refractivity contribution < 1.29 is 4.74 Å². The van der Waals surface area contributed by atoms with Gasteiger partial charge in [-0.2, -0.15) is 5.10 Å². The Kier molecular flexibility index (Phi) is 4.09. The summed E-state index contributed by atoms with van der Waals surface area (Å²) in [6.45, 7) is 5.27. The minimum atomic E-state index is 0.915. The predicted molar refractivity (Wildman–Crippen MR) is 96.6 cm³/mol. The van der Waals surface area contributed by atoms with E-state index in [0.29, 0.717) is 0 Å². The lowest BCUT2D eigenvalue weighted by Gasteiger charge is -2.36. The standard InChI is InChI=1S/C19H22N4O/c1-24-18-5-2-15(3-6-18)14-22-8-10-23(11-9-22)17-4-7-19-16(12-17)13-20-21-19/h2-7,12-13H,8-11,14H2,1H3,(H,20,21). The minimum absolute atomic E-state index is 0.915. The van der Waals surface area contributed by atoms with Crippen molar-refractivity contribution in [2.24, 2.45) is 0 Å². The van der Waals surface area contributed by atoms with Crippen LogP contribution in [0.3, 0.4) is 0 Å². The van der Waals surface area contributed by atoms with Gasteiger partial charge in [-0.25, -0.2) is 0 Å². The van der Waals surface area contributed by atoms with Crippen LogP contribution in [-0.2, 0) is 6.54 Å². The molecular formula is C19H22N4O. The molecule has 2 aromatic carbocycles. The van der Waals surface area contributed by atoms with Crippen LogP contribution in [-0.4, -0.2) is 48.4 Å². The molecule has 0 amide bonds. The molecule has 1 N–H and O–H groups in total. The van der Waals surface area contributed by atoms with Crippen molar-refractivity contribution in [3.63, 3.8) is 0 Å². The number of piperazine rings is 1. The summed E-state index contributed by atoms with van der Waals surface area (Å²) in [4.78, 5) is 4.96. The van der Waals surface area contributed by atoms with Gasteiger partial charge in [0.05, 0.1) is 18.8 Å². The van der Waals surface area contributed by atoms with Gasteiger partial charge in [-0.05, 0) is 35.9 Å². The first kappa shape index (κ1) is 15.0. The molecule has 0 spiro atoms. The summed E-state index contributed by atoms with van der Waals surface area (Å²) in [6, 6.07) is 14.9. The molecule has 0 saturated carbocycles. The topological polar surface area (TPSA) is 44.4 Å². The molecule has 1 saturated heterocycles. The van der Waals surface area contributed by atoms with E-state index >= 15 is 0 Å². The lowest BCUT2D eigenvalue weighted by atomic mass is 10.1. The maximum absolute atomic E-state index is 5.22. The molecule has 5 nitrogen and oxygen atoms in total. The van der Waals surface area contributed by atoms with Crippen molar-refractivity contribution in [2.45, 2.75) is 6.54 Å². The maximum atomic E-state index is 5.22. The largest absolute Gasteiger partial charge is 0.497 e. The molecule has 0 aliphatic carbocycles. The fourth-order valence-electron chi connectivity index (χ4n) is 3.28. The van der Waals surface area contributed by atoms with E-state index in [4.69, 9.17) is 4.74 Å². The molecule has 0 bridgehead atoms. The van der Waals surface area contributed by atoms with Crippen molar-refractivity contribution in [3.05, 3.63) is 54.2 Å². The third kappa shape index (κ3) is 3.08. The molecule has 1 aromatic heterocycles. The molecule has 4 rings (SSSR count). The normalized spacial score (nSPS) is 15.8. The molecule has 0 atom stereocenters. The van der Waals surface area contributed by atoms with E-state index in [9.17, 15) is 0 Å². The Morgan fingerprint density at radius 1 is 1.04 bits per heavy atom. The van der Waals surface area contributed by atoms with E-state index in [-0.39, 0.29) is 0 Å². The maximum Gasteiger partial charge on any atom is 0.118 e. The number of benzene rings is 2. The Bertz CT molecular complexity index is 804. The van der Waals surface area contributed by atoms with Crippen LogP contribution in [0.2, 0.25) is 0 Å². The number of aromatic nitrogens is 2. The van der Waals surface area contributed by atoms with Crippen LogP contribution in [0.5, 0.6) is 5.75 Å². The highest BCUT2D eigenvalue weighted by Crippen LogP contribution is 2.22. The number of nitrogens with zero attached hydrogens (tertiary/aromatic N) is 3. The average molecular weight is 322 g/mol. The quantitative estimate of drug-likeness (QED) is 0.802. The molecule has 124 valence electrons. The van der Waals surface area contributed by atoms with Crippen molar-refractivity contribution in [1.29, 1.82) is 0 Å². The lowest BCUT2D eigenvalue weighted by molar-refractivity contribution is 0.250. The SMILES string of the molecule is COc1ccc(CN2CCN(c3ccc4[nH]ncc4c3)CC2)cc1. The van der Waals surface area contributed by atoms with E-state index in [0.717, 1.165) is 44.0 Å². The number of rotatable bonds is 4. The van der Waals surface area contributed by atoms with Gasteiger partial charge in [0.2, 0.25) is 0 Å². The van der Waals surface area contributed by atoms with Crippen LogP contribution in [0.25, 0.3) is 10.9 Å². The molecule has 1 fully saturated rings. The Balaban J connectivity index is 1.37.